The van der Waals surface area contributed by atoms with Crippen molar-refractivity contribution in [3.63, 3.8) is 0 Å². The largest absolute Gasteiger partial charge is 0.507 e. The van der Waals surface area contributed by atoms with Gasteiger partial charge in [-0.1, -0.05) is 12.1 Å². The molecule has 3 rings (SSSR count). The van der Waals surface area contributed by atoms with Crippen LogP contribution in [-0.2, 0) is 0 Å². The summed E-state index contributed by atoms with van der Waals surface area (Å²) in [6.07, 6.45) is 0. The van der Waals surface area contributed by atoms with Crippen LogP contribution >= 0.6 is 12.2 Å². The summed E-state index contributed by atoms with van der Waals surface area (Å²) in [5, 5.41) is 16.5. The van der Waals surface area contributed by atoms with Gasteiger partial charge < -0.3 is 5.11 Å². The number of nitrogens with one attached hydrogen (secondary N) is 1. The third-order valence-electron chi connectivity index (χ3n) is 2.98. The predicted molar refractivity (Wildman–Crippen MR) is 75.8 cm³/mol. The number of hydrogen-bond acceptors (Lipinski definition) is 3. The van der Waals surface area contributed by atoms with E-state index in [9.17, 15) is 13.9 Å². The Labute approximate surface area is 123 Å². The van der Waals surface area contributed by atoms with Crippen molar-refractivity contribution < 1.29 is 13.9 Å². The minimum atomic E-state index is -0.987. The zero-order valence-electron chi connectivity index (χ0n) is 10.5. The molecule has 0 aliphatic carbocycles. The van der Waals surface area contributed by atoms with Crippen LogP contribution in [0.15, 0.2) is 42.5 Å². The fraction of sp³-hybridized carbons (Fsp3) is 0. The van der Waals surface area contributed by atoms with Gasteiger partial charge in [-0.2, -0.15) is 5.10 Å². The zero-order chi connectivity index (χ0) is 15.0. The van der Waals surface area contributed by atoms with E-state index in [4.69, 9.17) is 12.2 Å². The summed E-state index contributed by atoms with van der Waals surface area (Å²) in [4.78, 5) is 0. The number of halogens is 2. The number of hydrogen-bond donors (Lipinski definition) is 2. The first-order valence-electron chi connectivity index (χ1n) is 5.99. The molecule has 2 aromatic carbocycles. The summed E-state index contributed by atoms with van der Waals surface area (Å²) in [6, 6.07) is 9.95. The first kappa shape index (κ1) is 13.4. The maximum absolute atomic E-state index is 13.4. The maximum Gasteiger partial charge on any atom is 0.200 e. The van der Waals surface area contributed by atoms with E-state index in [-0.39, 0.29) is 10.5 Å². The highest BCUT2D eigenvalue weighted by Crippen LogP contribution is 2.29. The van der Waals surface area contributed by atoms with Gasteiger partial charge in [0.1, 0.15) is 5.75 Å². The van der Waals surface area contributed by atoms with E-state index in [0.717, 1.165) is 12.1 Å². The van der Waals surface area contributed by atoms with Crippen molar-refractivity contribution in [3.05, 3.63) is 58.9 Å². The molecule has 1 heterocycles. The van der Waals surface area contributed by atoms with Crippen LogP contribution in [0.2, 0.25) is 0 Å². The highest BCUT2D eigenvalue weighted by Gasteiger charge is 2.15. The molecular formula is C14H9F2N3OS. The van der Waals surface area contributed by atoms with Crippen LogP contribution in [0.5, 0.6) is 5.75 Å². The Kier molecular flexibility index (Phi) is 3.26. The lowest BCUT2D eigenvalue weighted by molar-refractivity contribution is 0.476. The summed E-state index contributed by atoms with van der Waals surface area (Å²) in [5.74, 6) is -1.61. The number of phenolic OH excluding ortho intramolecular Hbond substituents is 1. The molecule has 7 heteroatoms. The van der Waals surface area contributed by atoms with E-state index < -0.39 is 11.6 Å². The molecule has 0 aliphatic heterocycles. The Hall–Kier alpha value is -2.54. The van der Waals surface area contributed by atoms with E-state index in [1.165, 1.54) is 16.7 Å². The lowest BCUT2D eigenvalue weighted by atomic mass is 10.2. The molecule has 21 heavy (non-hydrogen) atoms. The van der Waals surface area contributed by atoms with Gasteiger partial charge in [0.2, 0.25) is 0 Å². The van der Waals surface area contributed by atoms with Gasteiger partial charge in [-0.15, -0.1) is 0 Å². The third kappa shape index (κ3) is 2.31. The Balaban J connectivity index is 2.25. The number of para-hydroxylation sites is 1. The minimum absolute atomic E-state index is 0.00957. The Morgan fingerprint density at radius 3 is 2.57 bits per heavy atom. The number of phenols is 1. The molecule has 0 spiro atoms. The molecule has 0 radical (unpaired) electrons. The fourth-order valence-corrected chi connectivity index (χ4v) is 2.24. The number of aromatic amines is 1. The van der Waals surface area contributed by atoms with Gasteiger partial charge in [0.15, 0.2) is 22.2 Å². The van der Waals surface area contributed by atoms with Crippen LogP contribution in [-0.4, -0.2) is 19.9 Å². The minimum Gasteiger partial charge on any atom is -0.507 e. The second-order valence-corrected chi connectivity index (χ2v) is 4.69. The van der Waals surface area contributed by atoms with E-state index in [1.807, 2.05) is 0 Å². The van der Waals surface area contributed by atoms with Crippen LogP contribution in [0.4, 0.5) is 8.78 Å². The number of H-pyrrole nitrogens is 1. The molecule has 0 saturated carbocycles. The van der Waals surface area contributed by atoms with Gasteiger partial charge in [0.25, 0.3) is 0 Å². The molecule has 2 N–H and O–H groups in total. The van der Waals surface area contributed by atoms with Crippen molar-refractivity contribution >= 4 is 12.2 Å². The Bertz CT molecular complexity index is 873. The second-order valence-electron chi connectivity index (χ2n) is 4.30. The van der Waals surface area contributed by atoms with Gasteiger partial charge in [0.05, 0.1) is 11.3 Å². The molecule has 106 valence electrons. The lowest BCUT2D eigenvalue weighted by Gasteiger charge is -2.08. The highest BCUT2D eigenvalue weighted by molar-refractivity contribution is 7.71. The van der Waals surface area contributed by atoms with Crippen LogP contribution in [0.3, 0.4) is 0 Å². The van der Waals surface area contributed by atoms with Crippen molar-refractivity contribution in [2.75, 3.05) is 0 Å². The number of nitrogens with zero attached hydrogens (tertiary/aromatic N) is 2. The molecule has 0 unspecified atom stereocenters. The third-order valence-corrected chi connectivity index (χ3v) is 3.25. The van der Waals surface area contributed by atoms with Crippen LogP contribution in [0.25, 0.3) is 17.1 Å². The van der Waals surface area contributed by atoms with Crippen LogP contribution < -0.4 is 0 Å². The van der Waals surface area contributed by atoms with Crippen molar-refractivity contribution in [3.8, 4) is 22.8 Å². The normalized spacial score (nSPS) is 10.8. The van der Waals surface area contributed by atoms with Crippen LogP contribution in [0.1, 0.15) is 0 Å². The van der Waals surface area contributed by atoms with E-state index in [0.29, 0.717) is 17.1 Å². The summed E-state index contributed by atoms with van der Waals surface area (Å²) in [6.45, 7) is 0. The van der Waals surface area contributed by atoms with Crippen molar-refractivity contribution in [2.45, 2.75) is 0 Å². The van der Waals surface area contributed by atoms with Gasteiger partial charge >= 0.3 is 0 Å². The predicted octanol–water partition coefficient (Wildman–Crippen LogP) is 3.58. The SMILES string of the molecule is Oc1ccccc1-c1n[nH]c(=S)n1-c1ccc(F)c(F)c1. The molecule has 4 nitrogen and oxygen atoms in total. The Morgan fingerprint density at radius 1 is 1.10 bits per heavy atom. The average molecular weight is 305 g/mol. The van der Waals surface area contributed by atoms with Crippen LogP contribution in [0, 0.1) is 16.4 Å². The average Bonchev–Trinajstić information content (AvgIpc) is 2.84. The quantitative estimate of drug-likeness (QED) is 0.712. The van der Waals surface area contributed by atoms with Crippen molar-refractivity contribution in [2.24, 2.45) is 0 Å². The van der Waals surface area contributed by atoms with E-state index in [1.54, 1.807) is 18.2 Å². The Morgan fingerprint density at radius 2 is 1.86 bits per heavy atom. The lowest BCUT2D eigenvalue weighted by Crippen LogP contribution is -1.99. The summed E-state index contributed by atoms with van der Waals surface area (Å²) < 4.78 is 28.1. The molecule has 0 bridgehead atoms. The first-order valence-corrected chi connectivity index (χ1v) is 6.40. The first-order chi connectivity index (χ1) is 10.1. The molecule has 1 aromatic heterocycles. The summed E-state index contributed by atoms with van der Waals surface area (Å²) >= 11 is 5.12. The smallest absolute Gasteiger partial charge is 0.200 e. The summed E-state index contributed by atoms with van der Waals surface area (Å²) in [5.41, 5.74) is 0.737. The molecule has 0 fully saturated rings. The number of rotatable bonds is 2. The number of benzene rings is 2. The molecule has 0 saturated heterocycles. The topological polar surface area (TPSA) is 53.8 Å². The van der Waals surface area contributed by atoms with Gasteiger partial charge in [-0.25, -0.2) is 8.78 Å². The van der Waals surface area contributed by atoms with Gasteiger partial charge in [0, 0.05) is 6.07 Å². The number of aromatic nitrogens is 3. The second kappa shape index (κ2) is 5.10. The maximum atomic E-state index is 13.4. The molecule has 0 amide bonds. The monoisotopic (exact) mass is 305 g/mol. The molecule has 0 atom stereocenters. The van der Waals surface area contributed by atoms with Crippen molar-refractivity contribution in [1.82, 2.24) is 14.8 Å². The number of aromatic hydroxyl groups is 1. The van der Waals surface area contributed by atoms with E-state index in [2.05, 4.69) is 10.2 Å². The van der Waals surface area contributed by atoms with Crippen molar-refractivity contribution in [1.29, 1.82) is 0 Å². The molecular weight excluding hydrogens is 296 g/mol. The molecule has 0 aliphatic rings. The fourth-order valence-electron chi connectivity index (χ4n) is 2.00. The molecule has 3 aromatic rings. The standard InChI is InChI=1S/C14H9F2N3OS/c15-10-6-5-8(7-11(10)16)19-13(17-18-14(19)21)9-3-1-2-4-12(9)20/h1-7,20H,(H,18,21). The zero-order valence-corrected chi connectivity index (χ0v) is 11.4. The van der Waals surface area contributed by atoms with Gasteiger partial charge in [-0.3, -0.25) is 9.67 Å². The van der Waals surface area contributed by atoms with E-state index >= 15 is 0 Å². The summed E-state index contributed by atoms with van der Waals surface area (Å²) in [7, 11) is 0. The van der Waals surface area contributed by atoms with Gasteiger partial charge in [-0.05, 0) is 36.5 Å². The highest BCUT2D eigenvalue weighted by atomic mass is 32.1.